The number of non-ortho nitro benzene ring substituents is 1. The molecule has 0 aromatic heterocycles. The molecule has 14 heteroatoms. The van der Waals surface area contributed by atoms with Crippen molar-refractivity contribution in [1.82, 2.24) is 0 Å². The van der Waals surface area contributed by atoms with Crippen LogP contribution < -0.4 is 14.3 Å². The summed E-state index contributed by atoms with van der Waals surface area (Å²) in [6.45, 7) is 0.876. The first-order chi connectivity index (χ1) is 16.8. The fraction of sp³-hybridized carbons (Fsp3) is 0.136. The van der Waals surface area contributed by atoms with Gasteiger partial charge >= 0.3 is 0 Å². The van der Waals surface area contributed by atoms with Crippen molar-refractivity contribution < 1.29 is 30.9 Å². The van der Waals surface area contributed by atoms with Crippen LogP contribution >= 0.6 is 0 Å². The molecular formula is C22H21FN4O7S2. The molecule has 3 aromatic carbocycles. The topological polar surface area (TPSA) is 156 Å². The van der Waals surface area contributed by atoms with Crippen LogP contribution in [0.4, 0.5) is 27.1 Å². The SMILES string of the molecule is Cc1ccc([N+](=O)[O-])cc1N(CC(=O)Nc1ccc(S(=O)(=O)Nc2ccc(F)cc2)cc1)S(C)(=O)=O. The summed E-state index contributed by atoms with van der Waals surface area (Å²) in [7, 11) is -7.98. The fourth-order valence-corrected chi connectivity index (χ4v) is 5.11. The highest BCUT2D eigenvalue weighted by atomic mass is 32.2. The fourth-order valence-electron chi connectivity index (χ4n) is 3.14. The summed E-state index contributed by atoms with van der Waals surface area (Å²) >= 11 is 0. The molecule has 190 valence electrons. The van der Waals surface area contributed by atoms with Crippen LogP contribution in [0.2, 0.25) is 0 Å². The van der Waals surface area contributed by atoms with Gasteiger partial charge in [-0.25, -0.2) is 21.2 Å². The number of carbonyl (C=O) groups excluding carboxylic acids is 1. The maximum Gasteiger partial charge on any atom is 0.271 e. The van der Waals surface area contributed by atoms with E-state index in [9.17, 15) is 36.1 Å². The molecule has 0 saturated carbocycles. The van der Waals surface area contributed by atoms with Gasteiger partial charge in [0.15, 0.2) is 0 Å². The minimum absolute atomic E-state index is 0.0184. The van der Waals surface area contributed by atoms with Crippen LogP contribution in [0.1, 0.15) is 5.56 Å². The number of nitrogens with one attached hydrogen (secondary N) is 2. The van der Waals surface area contributed by atoms with E-state index in [2.05, 4.69) is 10.0 Å². The third-order valence-corrected chi connectivity index (χ3v) is 7.43. The van der Waals surface area contributed by atoms with E-state index in [-0.39, 0.29) is 27.6 Å². The third-order valence-electron chi connectivity index (χ3n) is 4.90. The van der Waals surface area contributed by atoms with E-state index in [4.69, 9.17) is 0 Å². The summed E-state index contributed by atoms with van der Waals surface area (Å²) in [5.74, 6) is -1.28. The van der Waals surface area contributed by atoms with E-state index in [1.54, 1.807) is 6.92 Å². The van der Waals surface area contributed by atoms with Gasteiger partial charge in [-0.2, -0.15) is 0 Å². The van der Waals surface area contributed by atoms with Crippen molar-refractivity contribution in [3.05, 3.63) is 88.2 Å². The standard InChI is InChI=1S/C22H21FN4O7S2/c1-15-3-10-19(27(29)30)13-21(15)26(35(2,31)32)14-22(28)24-17-8-11-20(12-9-17)36(33,34)25-18-6-4-16(23)5-7-18/h3-13,25H,14H2,1-2H3,(H,24,28). The number of halogens is 1. The molecule has 0 aliphatic rings. The van der Waals surface area contributed by atoms with Gasteiger partial charge in [-0.1, -0.05) is 6.07 Å². The summed E-state index contributed by atoms with van der Waals surface area (Å²) in [6, 6.07) is 13.5. The maximum atomic E-state index is 13.0. The quantitative estimate of drug-likeness (QED) is 0.314. The predicted octanol–water partition coefficient (Wildman–Crippen LogP) is 3.25. The van der Waals surface area contributed by atoms with Crippen LogP contribution in [-0.4, -0.2) is 40.5 Å². The number of hydrogen-bond donors (Lipinski definition) is 2. The molecule has 3 rings (SSSR count). The molecule has 1 amide bonds. The van der Waals surface area contributed by atoms with Crippen molar-refractivity contribution in [3.8, 4) is 0 Å². The second-order valence-electron chi connectivity index (χ2n) is 7.68. The van der Waals surface area contributed by atoms with Crippen LogP contribution in [-0.2, 0) is 24.8 Å². The second-order valence-corrected chi connectivity index (χ2v) is 11.3. The van der Waals surface area contributed by atoms with Crippen LogP contribution in [0.25, 0.3) is 0 Å². The molecule has 0 radical (unpaired) electrons. The Morgan fingerprint density at radius 3 is 2.11 bits per heavy atom. The molecule has 0 aliphatic heterocycles. The van der Waals surface area contributed by atoms with E-state index in [0.29, 0.717) is 5.56 Å². The number of nitro groups is 1. The Morgan fingerprint density at radius 2 is 1.56 bits per heavy atom. The molecule has 0 heterocycles. The summed E-state index contributed by atoms with van der Waals surface area (Å²) < 4.78 is 65.8. The number of nitrogens with zero attached hydrogens (tertiary/aromatic N) is 2. The van der Waals surface area contributed by atoms with E-state index in [1.165, 1.54) is 48.5 Å². The molecule has 0 fully saturated rings. The Labute approximate surface area is 206 Å². The van der Waals surface area contributed by atoms with Gasteiger partial charge in [-0.15, -0.1) is 0 Å². The molecular weight excluding hydrogens is 515 g/mol. The number of benzene rings is 3. The molecule has 3 aromatic rings. The van der Waals surface area contributed by atoms with Crippen molar-refractivity contribution in [1.29, 1.82) is 0 Å². The summed E-state index contributed by atoms with van der Waals surface area (Å²) in [6.07, 6.45) is 0.867. The average molecular weight is 537 g/mol. The Hall–Kier alpha value is -4.04. The molecule has 0 spiro atoms. The summed E-state index contributed by atoms with van der Waals surface area (Å²) in [4.78, 5) is 22.9. The minimum atomic E-state index is -3.99. The molecule has 36 heavy (non-hydrogen) atoms. The molecule has 11 nitrogen and oxygen atoms in total. The zero-order chi connectivity index (χ0) is 26.7. The summed E-state index contributed by atoms with van der Waals surface area (Å²) in [5, 5.41) is 13.6. The van der Waals surface area contributed by atoms with Crippen LogP contribution in [0.5, 0.6) is 0 Å². The second kappa shape index (κ2) is 10.3. The van der Waals surface area contributed by atoms with Crippen molar-refractivity contribution in [2.75, 3.05) is 27.1 Å². The average Bonchev–Trinajstić information content (AvgIpc) is 2.79. The van der Waals surface area contributed by atoms with Crippen molar-refractivity contribution in [2.24, 2.45) is 0 Å². The van der Waals surface area contributed by atoms with Crippen molar-refractivity contribution in [2.45, 2.75) is 11.8 Å². The van der Waals surface area contributed by atoms with Gasteiger partial charge in [0.2, 0.25) is 15.9 Å². The molecule has 0 unspecified atom stereocenters. The number of hydrogen-bond acceptors (Lipinski definition) is 7. The lowest BCUT2D eigenvalue weighted by atomic mass is 10.2. The Morgan fingerprint density at radius 1 is 0.972 bits per heavy atom. The van der Waals surface area contributed by atoms with E-state index in [1.807, 2.05) is 0 Å². The molecule has 0 bridgehead atoms. The first kappa shape index (κ1) is 26.6. The molecule has 0 saturated heterocycles. The Kier molecular flexibility index (Phi) is 7.59. The zero-order valence-corrected chi connectivity index (χ0v) is 20.6. The molecule has 2 N–H and O–H groups in total. The highest BCUT2D eigenvalue weighted by Crippen LogP contribution is 2.27. The van der Waals surface area contributed by atoms with Gasteiger partial charge in [0, 0.05) is 23.5 Å². The zero-order valence-electron chi connectivity index (χ0n) is 19.0. The largest absolute Gasteiger partial charge is 0.325 e. The van der Waals surface area contributed by atoms with Crippen LogP contribution in [0.3, 0.4) is 0 Å². The lowest BCUT2D eigenvalue weighted by Gasteiger charge is -2.23. The number of rotatable bonds is 9. The number of anilines is 3. The van der Waals surface area contributed by atoms with E-state index in [0.717, 1.165) is 28.8 Å². The predicted molar refractivity (Wildman–Crippen MR) is 132 cm³/mol. The number of aryl methyl sites for hydroxylation is 1. The van der Waals surface area contributed by atoms with Crippen LogP contribution in [0.15, 0.2) is 71.6 Å². The van der Waals surface area contributed by atoms with E-state index < -0.39 is 43.2 Å². The Balaban J connectivity index is 1.76. The first-order valence-corrected chi connectivity index (χ1v) is 13.5. The molecule has 0 aliphatic carbocycles. The monoisotopic (exact) mass is 536 g/mol. The van der Waals surface area contributed by atoms with Gasteiger partial charge < -0.3 is 5.32 Å². The molecule has 0 atom stereocenters. The van der Waals surface area contributed by atoms with E-state index >= 15 is 0 Å². The Bertz CT molecular complexity index is 1510. The number of sulfonamides is 2. The lowest BCUT2D eigenvalue weighted by Crippen LogP contribution is -2.37. The third kappa shape index (κ3) is 6.55. The first-order valence-electron chi connectivity index (χ1n) is 10.2. The minimum Gasteiger partial charge on any atom is -0.325 e. The highest BCUT2D eigenvalue weighted by Gasteiger charge is 2.24. The van der Waals surface area contributed by atoms with Gasteiger partial charge in [-0.3, -0.25) is 23.9 Å². The summed E-state index contributed by atoms with van der Waals surface area (Å²) in [5.41, 5.74) is 0.393. The normalized spacial score (nSPS) is 11.5. The van der Waals surface area contributed by atoms with Gasteiger partial charge in [-0.05, 0) is 61.0 Å². The smallest absolute Gasteiger partial charge is 0.271 e. The van der Waals surface area contributed by atoms with Crippen molar-refractivity contribution >= 4 is 48.7 Å². The number of amides is 1. The van der Waals surface area contributed by atoms with Gasteiger partial charge in [0.05, 0.1) is 21.8 Å². The number of nitro benzene ring substituents is 1. The lowest BCUT2D eigenvalue weighted by molar-refractivity contribution is -0.384. The van der Waals surface area contributed by atoms with Gasteiger partial charge in [0.25, 0.3) is 15.7 Å². The van der Waals surface area contributed by atoms with Crippen molar-refractivity contribution in [3.63, 3.8) is 0 Å². The van der Waals surface area contributed by atoms with Gasteiger partial charge in [0.1, 0.15) is 12.4 Å². The number of carbonyl (C=O) groups is 1. The maximum absolute atomic E-state index is 13.0. The van der Waals surface area contributed by atoms with Crippen LogP contribution in [0, 0.1) is 22.9 Å². The highest BCUT2D eigenvalue weighted by molar-refractivity contribution is 7.92.